The smallest absolute Gasteiger partial charge is 0.243 e. The Balaban J connectivity index is 1.90. The zero-order chi connectivity index (χ0) is 24.9. The minimum absolute atomic E-state index is 0.0798. The molecule has 0 spiro atoms. The third-order valence-corrected chi connectivity index (χ3v) is 7.59. The Bertz CT molecular complexity index is 1200. The van der Waals surface area contributed by atoms with E-state index in [0.29, 0.717) is 23.5 Å². The van der Waals surface area contributed by atoms with Crippen LogP contribution in [-0.4, -0.2) is 33.5 Å². The van der Waals surface area contributed by atoms with Crippen LogP contribution in [0, 0.1) is 5.82 Å². The average molecular weight is 486 g/mol. The van der Waals surface area contributed by atoms with E-state index in [1.165, 1.54) is 16.4 Å². The van der Waals surface area contributed by atoms with E-state index in [4.69, 9.17) is 9.47 Å². The Hall–Kier alpha value is -2.90. The van der Waals surface area contributed by atoms with Crippen molar-refractivity contribution in [2.45, 2.75) is 44.0 Å². The predicted octanol–water partition coefficient (Wildman–Crippen LogP) is 5.57. The summed E-state index contributed by atoms with van der Waals surface area (Å²) in [6, 6.07) is 18.5. The molecule has 0 atom stereocenters. The van der Waals surface area contributed by atoms with Crippen LogP contribution in [0.1, 0.15) is 37.5 Å². The Labute approximate surface area is 202 Å². The molecule has 182 valence electrons. The van der Waals surface area contributed by atoms with Crippen molar-refractivity contribution in [2.24, 2.45) is 0 Å². The van der Waals surface area contributed by atoms with Crippen LogP contribution in [0.15, 0.2) is 71.6 Å². The number of halogens is 1. The van der Waals surface area contributed by atoms with Crippen molar-refractivity contribution in [1.29, 1.82) is 0 Å². The minimum Gasteiger partial charge on any atom is -0.493 e. The highest BCUT2D eigenvalue weighted by molar-refractivity contribution is 7.89. The van der Waals surface area contributed by atoms with Gasteiger partial charge in [-0.15, -0.1) is 0 Å². The fourth-order valence-corrected chi connectivity index (χ4v) is 5.07. The molecule has 0 aliphatic carbocycles. The minimum atomic E-state index is -3.79. The maximum Gasteiger partial charge on any atom is 0.243 e. The van der Waals surface area contributed by atoms with Crippen LogP contribution in [-0.2, 0) is 28.4 Å². The van der Waals surface area contributed by atoms with E-state index >= 15 is 0 Å². The Kier molecular flexibility index (Phi) is 8.00. The van der Waals surface area contributed by atoms with Gasteiger partial charge in [-0.25, -0.2) is 12.8 Å². The fourth-order valence-electron chi connectivity index (χ4n) is 3.64. The molecule has 3 aromatic carbocycles. The topological polar surface area (TPSA) is 55.8 Å². The standard InChI is InChI=1S/C27H32FNO4S/c1-27(2,3)22-9-13-24(14-10-22)34(30,31)29(19-21-6-11-23(28)12-7-21)17-16-20-8-15-25(32-4)26(18-20)33-5/h6-15,18H,16-17,19H2,1-5H3. The summed E-state index contributed by atoms with van der Waals surface area (Å²) in [5, 5.41) is 0. The third kappa shape index (κ3) is 6.15. The molecule has 0 bridgehead atoms. The number of sulfonamides is 1. The van der Waals surface area contributed by atoms with Crippen LogP contribution in [0.3, 0.4) is 0 Å². The van der Waals surface area contributed by atoms with Crippen LogP contribution in [0.25, 0.3) is 0 Å². The molecule has 5 nitrogen and oxygen atoms in total. The monoisotopic (exact) mass is 485 g/mol. The van der Waals surface area contributed by atoms with Gasteiger partial charge in [0.25, 0.3) is 0 Å². The highest BCUT2D eigenvalue weighted by Gasteiger charge is 2.25. The number of ether oxygens (including phenoxy) is 2. The van der Waals surface area contributed by atoms with Crippen molar-refractivity contribution in [3.63, 3.8) is 0 Å². The molecule has 0 saturated heterocycles. The zero-order valence-electron chi connectivity index (χ0n) is 20.3. The summed E-state index contributed by atoms with van der Waals surface area (Å²) in [6.07, 6.45) is 0.473. The SMILES string of the molecule is COc1ccc(CCN(Cc2ccc(F)cc2)S(=O)(=O)c2ccc(C(C)(C)C)cc2)cc1OC. The van der Waals surface area contributed by atoms with Gasteiger partial charge in [0.05, 0.1) is 19.1 Å². The molecule has 3 rings (SSSR count). The van der Waals surface area contributed by atoms with Gasteiger partial charge in [0.1, 0.15) is 5.82 Å². The van der Waals surface area contributed by atoms with Crippen LogP contribution in [0.5, 0.6) is 11.5 Å². The highest BCUT2D eigenvalue weighted by atomic mass is 32.2. The summed E-state index contributed by atoms with van der Waals surface area (Å²) in [5.74, 6) is 0.841. The number of methoxy groups -OCH3 is 2. The molecule has 0 radical (unpaired) electrons. The molecule has 3 aromatic rings. The van der Waals surface area contributed by atoms with Crippen LogP contribution < -0.4 is 9.47 Å². The normalized spacial score (nSPS) is 12.1. The summed E-state index contributed by atoms with van der Waals surface area (Å²) in [7, 11) is -0.654. The maximum absolute atomic E-state index is 13.6. The van der Waals surface area contributed by atoms with Gasteiger partial charge in [-0.2, -0.15) is 4.31 Å². The lowest BCUT2D eigenvalue weighted by molar-refractivity contribution is 0.354. The summed E-state index contributed by atoms with van der Waals surface area (Å²) in [6.45, 7) is 6.63. The number of hydrogen-bond donors (Lipinski definition) is 0. The molecule has 0 aromatic heterocycles. The second-order valence-electron chi connectivity index (χ2n) is 9.18. The lowest BCUT2D eigenvalue weighted by Gasteiger charge is -2.24. The van der Waals surface area contributed by atoms with Crippen LogP contribution in [0.2, 0.25) is 0 Å². The zero-order valence-corrected chi connectivity index (χ0v) is 21.2. The van der Waals surface area contributed by atoms with Gasteiger partial charge in [-0.05, 0) is 64.9 Å². The molecule has 0 heterocycles. The van der Waals surface area contributed by atoms with E-state index in [9.17, 15) is 12.8 Å². The van der Waals surface area contributed by atoms with E-state index in [-0.39, 0.29) is 29.2 Å². The molecular weight excluding hydrogens is 453 g/mol. The quantitative estimate of drug-likeness (QED) is 0.397. The first-order valence-electron chi connectivity index (χ1n) is 11.1. The second kappa shape index (κ2) is 10.6. The number of rotatable bonds is 9. The number of benzene rings is 3. The van der Waals surface area contributed by atoms with E-state index in [1.807, 2.05) is 24.3 Å². The lowest BCUT2D eigenvalue weighted by Crippen LogP contribution is -2.32. The molecule has 34 heavy (non-hydrogen) atoms. The van der Waals surface area contributed by atoms with Crippen molar-refractivity contribution < 1.29 is 22.3 Å². The van der Waals surface area contributed by atoms with Crippen molar-refractivity contribution >= 4 is 10.0 Å². The van der Waals surface area contributed by atoms with Gasteiger partial charge in [-0.1, -0.05) is 51.1 Å². The van der Waals surface area contributed by atoms with Gasteiger partial charge >= 0.3 is 0 Å². The van der Waals surface area contributed by atoms with Crippen molar-refractivity contribution in [3.8, 4) is 11.5 Å². The van der Waals surface area contributed by atoms with E-state index in [2.05, 4.69) is 20.8 Å². The predicted molar refractivity (Wildman–Crippen MR) is 132 cm³/mol. The van der Waals surface area contributed by atoms with Crippen molar-refractivity contribution in [2.75, 3.05) is 20.8 Å². The summed E-state index contributed by atoms with van der Waals surface area (Å²) >= 11 is 0. The van der Waals surface area contributed by atoms with Gasteiger partial charge < -0.3 is 9.47 Å². The highest BCUT2D eigenvalue weighted by Crippen LogP contribution is 2.29. The summed E-state index contributed by atoms with van der Waals surface area (Å²) in [5.41, 5.74) is 2.61. The van der Waals surface area contributed by atoms with Crippen LogP contribution in [0.4, 0.5) is 4.39 Å². The first kappa shape index (κ1) is 25.7. The molecule has 0 saturated carbocycles. The Morgan fingerprint density at radius 1 is 0.824 bits per heavy atom. The number of hydrogen-bond acceptors (Lipinski definition) is 4. The van der Waals surface area contributed by atoms with Gasteiger partial charge in [-0.3, -0.25) is 0 Å². The van der Waals surface area contributed by atoms with Crippen molar-refractivity contribution in [1.82, 2.24) is 4.31 Å². The average Bonchev–Trinajstić information content (AvgIpc) is 2.82. The third-order valence-electron chi connectivity index (χ3n) is 5.73. The summed E-state index contributed by atoms with van der Waals surface area (Å²) < 4.78 is 52.7. The molecule has 0 N–H and O–H groups in total. The first-order chi connectivity index (χ1) is 16.0. The molecule has 7 heteroatoms. The van der Waals surface area contributed by atoms with E-state index in [1.54, 1.807) is 44.6 Å². The fraction of sp³-hybridized carbons (Fsp3) is 0.333. The second-order valence-corrected chi connectivity index (χ2v) is 11.1. The summed E-state index contributed by atoms with van der Waals surface area (Å²) in [4.78, 5) is 0.231. The molecule has 0 aliphatic heterocycles. The molecule has 0 amide bonds. The Morgan fingerprint density at radius 3 is 1.97 bits per heavy atom. The molecule has 0 fully saturated rings. The van der Waals surface area contributed by atoms with Crippen molar-refractivity contribution in [3.05, 3.63) is 89.2 Å². The van der Waals surface area contributed by atoms with E-state index < -0.39 is 10.0 Å². The lowest BCUT2D eigenvalue weighted by atomic mass is 9.87. The Morgan fingerprint density at radius 2 is 1.41 bits per heavy atom. The molecular formula is C27H32FNO4S. The molecule has 0 aliphatic rings. The maximum atomic E-state index is 13.6. The largest absolute Gasteiger partial charge is 0.493 e. The number of nitrogens with zero attached hydrogens (tertiary/aromatic N) is 1. The molecule has 0 unspecified atom stereocenters. The van der Waals surface area contributed by atoms with Gasteiger partial charge in [0.2, 0.25) is 10.0 Å². The van der Waals surface area contributed by atoms with Gasteiger partial charge in [0, 0.05) is 13.1 Å². The first-order valence-corrected chi connectivity index (χ1v) is 12.5. The van der Waals surface area contributed by atoms with E-state index in [0.717, 1.165) is 11.1 Å². The van der Waals surface area contributed by atoms with Gasteiger partial charge in [0.15, 0.2) is 11.5 Å². The van der Waals surface area contributed by atoms with Crippen LogP contribution >= 0.6 is 0 Å².